The van der Waals surface area contributed by atoms with Crippen molar-refractivity contribution in [3.8, 4) is 0 Å². The molecule has 0 aliphatic carbocycles. The van der Waals surface area contributed by atoms with E-state index < -0.39 is 17.6 Å². The van der Waals surface area contributed by atoms with E-state index in [1.54, 1.807) is 4.90 Å². The molecule has 1 aromatic rings. The summed E-state index contributed by atoms with van der Waals surface area (Å²) in [6, 6.07) is 0.901. The second kappa shape index (κ2) is 7.59. The van der Waals surface area contributed by atoms with Gasteiger partial charge in [0.05, 0.1) is 24.5 Å². The molecule has 0 saturated carbocycles. The van der Waals surface area contributed by atoms with E-state index in [4.69, 9.17) is 15.3 Å². The van der Waals surface area contributed by atoms with Crippen LogP contribution in [0.25, 0.3) is 0 Å². The van der Waals surface area contributed by atoms with Crippen LogP contribution >= 0.6 is 0 Å². The maximum Gasteiger partial charge on any atom is 0.417 e. The fourth-order valence-corrected chi connectivity index (χ4v) is 1.84. The van der Waals surface area contributed by atoms with Gasteiger partial charge in [-0.2, -0.15) is 13.2 Å². The van der Waals surface area contributed by atoms with Gasteiger partial charge >= 0.3 is 6.18 Å². The van der Waals surface area contributed by atoms with Crippen LogP contribution in [0, 0.1) is 0 Å². The third-order valence-corrected chi connectivity index (χ3v) is 2.78. The minimum Gasteiger partial charge on any atom is -0.378 e. The average Bonchev–Trinajstić information content (AvgIpc) is 2.47. The van der Waals surface area contributed by atoms with E-state index in [1.807, 2.05) is 0 Å². The van der Waals surface area contributed by atoms with Gasteiger partial charge in [0, 0.05) is 19.3 Å². The summed E-state index contributed by atoms with van der Waals surface area (Å²) in [6.07, 6.45) is -3.64. The van der Waals surface area contributed by atoms with Crippen molar-refractivity contribution < 1.29 is 27.5 Å². The lowest BCUT2D eigenvalue weighted by molar-refractivity contribution is -0.137. The zero-order valence-electron chi connectivity index (χ0n) is 11.5. The molecule has 7 nitrogen and oxygen atoms in total. The SMILES string of the molecule is NC(=O)c1ncc(C(F)(F)F)cc1N1CCOCC1.NC=O. The number of hydrogen-bond donors (Lipinski definition) is 2. The Morgan fingerprint density at radius 2 is 1.91 bits per heavy atom. The summed E-state index contributed by atoms with van der Waals surface area (Å²) in [7, 11) is 0. The van der Waals surface area contributed by atoms with Crippen LogP contribution in [0.3, 0.4) is 0 Å². The van der Waals surface area contributed by atoms with Crippen molar-refractivity contribution in [2.24, 2.45) is 11.5 Å². The second-order valence-corrected chi connectivity index (χ2v) is 4.19. The van der Waals surface area contributed by atoms with Gasteiger partial charge in [-0.25, -0.2) is 4.98 Å². The molecule has 1 aromatic heterocycles. The zero-order valence-corrected chi connectivity index (χ0v) is 11.5. The summed E-state index contributed by atoms with van der Waals surface area (Å²) < 4.78 is 43.1. The molecule has 0 aromatic carbocycles. The van der Waals surface area contributed by atoms with Crippen LogP contribution in [0.5, 0.6) is 0 Å². The van der Waals surface area contributed by atoms with Crippen LogP contribution in [0.15, 0.2) is 12.3 Å². The Morgan fingerprint density at radius 3 is 2.36 bits per heavy atom. The monoisotopic (exact) mass is 320 g/mol. The van der Waals surface area contributed by atoms with Gasteiger partial charge in [0.2, 0.25) is 6.41 Å². The summed E-state index contributed by atoms with van der Waals surface area (Å²) in [6.45, 7) is 1.55. The summed E-state index contributed by atoms with van der Waals surface area (Å²) in [5.41, 5.74) is 8.35. The van der Waals surface area contributed by atoms with Crippen molar-refractivity contribution in [2.75, 3.05) is 31.2 Å². The number of carbonyl (C=O) groups excluding carboxylic acids is 2. The van der Waals surface area contributed by atoms with Crippen molar-refractivity contribution in [3.05, 3.63) is 23.5 Å². The molecule has 22 heavy (non-hydrogen) atoms. The number of nitrogens with zero attached hydrogens (tertiary/aromatic N) is 2. The molecule has 2 heterocycles. The van der Waals surface area contributed by atoms with E-state index in [0.29, 0.717) is 32.5 Å². The standard InChI is InChI=1S/C11H12F3N3O2.CH3NO/c12-11(13,14)7-5-8(9(10(15)18)16-6-7)17-1-3-19-4-2-17;2-1-3/h5-6H,1-4H2,(H2,15,18);1H,(H2,2,3). The van der Waals surface area contributed by atoms with E-state index in [-0.39, 0.29) is 17.8 Å². The van der Waals surface area contributed by atoms with Gasteiger partial charge in [0.1, 0.15) is 0 Å². The van der Waals surface area contributed by atoms with Gasteiger partial charge < -0.3 is 21.1 Å². The summed E-state index contributed by atoms with van der Waals surface area (Å²) in [4.78, 5) is 25.0. The molecule has 1 aliphatic heterocycles. The van der Waals surface area contributed by atoms with Crippen molar-refractivity contribution >= 4 is 18.0 Å². The first-order valence-corrected chi connectivity index (χ1v) is 6.16. The van der Waals surface area contributed by atoms with Gasteiger partial charge in [-0.05, 0) is 6.07 Å². The number of morpholine rings is 1. The minimum absolute atomic E-state index is 0.102. The number of halogens is 3. The summed E-state index contributed by atoms with van der Waals surface area (Å²) >= 11 is 0. The van der Waals surface area contributed by atoms with Crippen LogP contribution in [-0.2, 0) is 15.7 Å². The summed E-state index contributed by atoms with van der Waals surface area (Å²) in [5, 5.41) is 0. The molecule has 1 saturated heterocycles. The second-order valence-electron chi connectivity index (χ2n) is 4.19. The predicted molar refractivity (Wildman–Crippen MR) is 71.0 cm³/mol. The third-order valence-electron chi connectivity index (χ3n) is 2.78. The van der Waals surface area contributed by atoms with E-state index in [1.165, 1.54) is 0 Å². The van der Waals surface area contributed by atoms with Gasteiger partial charge in [-0.15, -0.1) is 0 Å². The fraction of sp³-hybridized carbons (Fsp3) is 0.417. The Kier molecular flexibility index (Phi) is 6.11. The first-order chi connectivity index (χ1) is 10.3. The molecule has 0 spiro atoms. The van der Waals surface area contributed by atoms with Crippen LogP contribution in [-0.4, -0.2) is 43.6 Å². The molecule has 10 heteroatoms. The van der Waals surface area contributed by atoms with Crippen molar-refractivity contribution in [1.29, 1.82) is 0 Å². The molecule has 2 amide bonds. The number of alkyl halides is 3. The quantitative estimate of drug-likeness (QED) is 0.753. The molecular formula is C12H15F3N4O3. The molecule has 4 N–H and O–H groups in total. The molecule has 2 rings (SSSR count). The molecule has 0 unspecified atom stereocenters. The number of rotatable bonds is 2. The lowest BCUT2D eigenvalue weighted by Gasteiger charge is -2.30. The summed E-state index contributed by atoms with van der Waals surface area (Å²) in [5.74, 6) is -0.852. The van der Waals surface area contributed by atoms with Crippen molar-refractivity contribution in [1.82, 2.24) is 4.98 Å². The molecule has 0 atom stereocenters. The Bertz CT molecular complexity index is 531. The van der Waals surface area contributed by atoms with Gasteiger partial charge in [-0.1, -0.05) is 0 Å². The highest BCUT2D eigenvalue weighted by molar-refractivity contribution is 5.96. The van der Waals surface area contributed by atoms with Gasteiger partial charge in [-0.3, -0.25) is 9.59 Å². The maximum atomic E-state index is 12.7. The van der Waals surface area contributed by atoms with E-state index >= 15 is 0 Å². The maximum absolute atomic E-state index is 12.7. The van der Waals surface area contributed by atoms with Crippen molar-refractivity contribution in [3.63, 3.8) is 0 Å². The first kappa shape index (κ1) is 17.7. The van der Waals surface area contributed by atoms with Gasteiger partial charge in [0.15, 0.2) is 5.69 Å². The number of anilines is 1. The average molecular weight is 320 g/mol. The first-order valence-electron chi connectivity index (χ1n) is 6.16. The highest BCUT2D eigenvalue weighted by Crippen LogP contribution is 2.32. The van der Waals surface area contributed by atoms with Crippen molar-refractivity contribution in [2.45, 2.75) is 6.18 Å². The van der Waals surface area contributed by atoms with Crippen LogP contribution in [0.4, 0.5) is 18.9 Å². The van der Waals surface area contributed by atoms with Crippen LogP contribution in [0.2, 0.25) is 0 Å². The Labute approximate surface area is 124 Å². The smallest absolute Gasteiger partial charge is 0.378 e. The predicted octanol–water partition coefficient (Wildman–Crippen LogP) is 0.137. The molecular weight excluding hydrogens is 305 g/mol. The third kappa shape index (κ3) is 4.58. The Balaban J connectivity index is 0.000000745. The topological polar surface area (TPSA) is 112 Å². The lowest BCUT2D eigenvalue weighted by atomic mass is 10.1. The highest BCUT2D eigenvalue weighted by atomic mass is 19.4. The number of ether oxygens (including phenoxy) is 1. The molecule has 122 valence electrons. The highest BCUT2D eigenvalue weighted by Gasteiger charge is 2.33. The Hall–Kier alpha value is -2.36. The fourth-order valence-electron chi connectivity index (χ4n) is 1.84. The number of primary amides is 2. The minimum atomic E-state index is -4.51. The van der Waals surface area contributed by atoms with Crippen LogP contribution < -0.4 is 16.4 Å². The number of hydrogen-bond acceptors (Lipinski definition) is 5. The number of aromatic nitrogens is 1. The molecule has 0 bridgehead atoms. The van der Waals surface area contributed by atoms with E-state index in [0.717, 1.165) is 6.07 Å². The van der Waals surface area contributed by atoms with Crippen LogP contribution in [0.1, 0.15) is 16.1 Å². The van der Waals surface area contributed by atoms with E-state index in [9.17, 15) is 18.0 Å². The molecule has 1 fully saturated rings. The number of nitrogens with two attached hydrogens (primary N) is 2. The lowest BCUT2D eigenvalue weighted by Crippen LogP contribution is -2.38. The number of amides is 2. The zero-order chi connectivity index (χ0) is 16.8. The molecule has 0 radical (unpaired) electrons. The number of pyridine rings is 1. The normalized spacial score (nSPS) is 14.8. The van der Waals surface area contributed by atoms with E-state index in [2.05, 4.69) is 10.7 Å². The Morgan fingerprint density at radius 1 is 1.36 bits per heavy atom. The molecule has 1 aliphatic rings. The van der Waals surface area contributed by atoms with Gasteiger partial charge in [0.25, 0.3) is 5.91 Å². The number of carbonyl (C=O) groups is 2. The largest absolute Gasteiger partial charge is 0.417 e.